The summed E-state index contributed by atoms with van der Waals surface area (Å²) in [6, 6.07) is 9.44. The highest BCUT2D eigenvalue weighted by Crippen LogP contribution is 2.21. The summed E-state index contributed by atoms with van der Waals surface area (Å²) in [6.07, 6.45) is 1.64. The molecule has 0 fully saturated rings. The minimum atomic E-state index is -1.30. The van der Waals surface area contributed by atoms with Gasteiger partial charge in [-0.2, -0.15) is 0 Å². The SMILES string of the molecule is CC(CC(C)(N)C(=O)O)Oc1ccc2cccnc2c1. The van der Waals surface area contributed by atoms with Gasteiger partial charge in [0.2, 0.25) is 0 Å². The monoisotopic (exact) mass is 274 g/mol. The van der Waals surface area contributed by atoms with Gasteiger partial charge in [-0.3, -0.25) is 9.78 Å². The van der Waals surface area contributed by atoms with Crippen molar-refractivity contribution in [3.8, 4) is 5.75 Å². The van der Waals surface area contributed by atoms with Crippen LogP contribution in [-0.4, -0.2) is 27.7 Å². The van der Waals surface area contributed by atoms with Crippen LogP contribution >= 0.6 is 0 Å². The molecule has 2 atom stereocenters. The van der Waals surface area contributed by atoms with Crippen molar-refractivity contribution in [2.45, 2.75) is 31.9 Å². The molecule has 106 valence electrons. The van der Waals surface area contributed by atoms with E-state index in [0.29, 0.717) is 5.75 Å². The minimum Gasteiger partial charge on any atom is -0.491 e. The summed E-state index contributed by atoms with van der Waals surface area (Å²) in [5, 5.41) is 10.0. The Morgan fingerprint density at radius 2 is 2.25 bits per heavy atom. The highest BCUT2D eigenvalue weighted by Gasteiger charge is 2.30. The first-order valence-corrected chi connectivity index (χ1v) is 6.42. The topological polar surface area (TPSA) is 85.4 Å². The molecule has 20 heavy (non-hydrogen) atoms. The number of pyridine rings is 1. The number of nitrogens with zero attached hydrogens (tertiary/aromatic N) is 1. The van der Waals surface area contributed by atoms with Gasteiger partial charge in [-0.05, 0) is 32.0 Å². The van der Waals surface area contributed by atoms with Crippen LogP contribution < -0.4 is 10.5 Å². The van der Waals surface area contributed by atoms with Crippen molar-refractivity contribution in [2.24, 2.45) is 5.73 Å². The van der Waals surface area contributed by atoms with Crippen molar-refractivity contribution in [1.82, 2.24) is 4.98 Å². The Hall–Kier alpha value is -2.14. The van der Waals surface area contributed by atoms with Gasteiger partial charge < -0.3 is 15.6 Å². The van der Waals surface area contributed by atoms with E-state index in [0.717, 1.165) is 10.9 Å². The zero-order chi connectivity index (χ0) is 14.8. The molecular formula is C15H18N2O3. The third-order valence-corrected chi connectivity index (χ3v) is 3.11. The fraction of sp³-hybridized carbons (Fsp3) is 0.333. The molecule has 1 heterocycles. The van der Waals surface area contributed by atoms with Gasteiger partial charge in [0.1, 0.15) is 11.3 Å². The van der Waals surface area contributed by atoms with Crippen molar-refractivity contribution in [1.29, 1.82) is 0 Å². The maximum atomic E-state index is 11.0. The molecule has 0 bridgehead atoms. The predicted octanol–water partition coefficient (Wildman–Crippen LogP) is 2.19. The van der Waals surface area contributed by atoms with Crippen molar-refractivity contribution < 1.29 is 14.6 Å². The number of hydrogen-bond donors (Lipinski definition) is 2. The van der Waals surface area contributed by atoms with Crippen LogP contribution in [0.1, 0.15) is 20.3 Å². The lowest BCUT2D eigenvalue weighted by molar-refractivity contribution is -0.143. The molecule has 0 aliphatic rings. The van der Waals surface area contributed by atoms with Crippen molar-refractivity contribution >= 4 is 16.9 Å². The number of aromatic nitrogens is 1. The summed E-state index contributed by atoms with van der Waals surface area (Å²) in [4.78, 5) is 15.2. The molecule has 5 heteroatoms. The molecule has 3 N–H and O–H groups in total. The molecule has 0 spiro atoms. The number of carbonyl (C=O) groups is 1. The fourth-order valence-electron chi connectivity index (χ4n) is 2.08. The smallest absolute Gasteiger partial charge is 0.323 e. The largest absolute Gasteiger partial charge is 0.491 e. The van der Waals surface area contributed by atoms with Gasteiger partial charge in [0.05, 0.1) is 11.6 Å². The third kappa shape index (κ3) is 3.24. The van der Waals surface area contributed by atoms with Crippen LogP contribution in [0, 0.1) is 0 Å². The van der Waals surface area contributed by atoms with E-state index in [-0.39, 0.29) is 12.5 Å². The van der Waals surface area contributed by atoms with Gasteiger partial charge in [0.15, 0.2) is 0 Å². The van der Waals surface area contributed by atoms with E-state index < -0.39 is 11.5 Å². The number of hydrogen-bond acceptors (Lipinski definition) is 4. The summed E-state index contributed by atoms with van der Waals surface area (Å²) >= 11 is 0. The lowest BCUT2D eigenvalue weighted by Gasteiger charge is -2.24. The predicted molar refractivity (Wildman–Crippen MR) is 76.7 cm³/mol. The fourth-order valence-corrected chi connectivity index (χ4v) is 2.08. The summed E-state index contributed by atoms with van der Waals surface area (Å²) in [5.74, 6) is -0.377. The molecule has 1 aromatic carbocycles. The van der Waals surface area contributed by atoms with E-state index in [2.05, 4.69) is 4.98 Å². The summed E-state index contributed by atoms with van der Waals surface area (Å²) in [5.41, 5.74) is 5.25. The van der Waals surface area contributed by atoms with Gasteiger partial charge >= 0.3 is 5.97 Å². The average Bonchev–Trinajstić information content (AvgIpc) is 2.37. The molecule has 0 saturated carbocycles. The Bertz CT molecular complexity index is 625. The second-order valence-corrected chi connectivity index (χ2v) is 5.21. The van der Waals surface area contributed by atoms with Crippen LogP contribution in [0.5, 0.6) is 5.75 Å². The van der Waals surface area contributed by atoms with Crippen LogP contribution in [0.2, 0.25) is 0 Å². The lowest BCUT2D eigenvalue weighted by atomic mass is 9.96. The van der Waals surface area contributed by atoms with Crippen molar-refractivity contribution in [3.63, 3.8) is 0 Å². The molecule has 2 rings (SSSR count). The minimum absolute atomic E-state index is 0.225. The number of benzene rings is 1. The summed E-state index contributed by atoms with van der Waals surface area (Å²) < 4.78 is 5.73. The first-order chi connectivity index (χ1) is 9.38. The summed E-state index contributed by atoms with van der Waals surface area (Å²) in [6.45, 7) is 3.29. The van der Waals surface area contributed by atoms with Crippen LogP contribution in [0.15, 0.2) is 36.5 Å². The quantitative estimate of drug-likeness (QED) is 0.873. The molecule has 0 aliphatic heterocycles. The Kier molecular flexibility index (Phi) is 3.90. The van der Waals surface area contributed by atoms with Gasteiger partial charge in [-0.1, -0.05) is 6.07 Å². The molecule has 0 saturated heterocycles. The van der Waals surface area contributed by atoms with Crippen LogP contribution in [0.3, 0.4) is 0 Å². The van der Waals surface area contributed by atoms with E-state index in [1.807, 2.05) is 30.3 Å². The second kappa shape index (κ2) is 5.46. The molecule has 5 nitrogen and oxygen atoms in total. The van der Waals surface area contributed by atoms with Gasteiger partial charge in [0, 0.05) is 24.1 Å². The van der Waals surface area contributed by atoms with Gasteiger partial charge in [-0.15, -0.1) is 0 Å². The first kappa shape index (κ1) is 14.3. The first-order valence-electron chi connectivity index (χ1n) is 6.42. The Balaban J connectivity index is 2.10. The van der Waals surface area contributed by atoms with Crippen LogP contribution in [0.25, 0.3) is 10.9 Å². The number of carboxylic acid groups (broad SMARTS) is 1. The Labute approximate surface area is 117 Å². The molecule has 2 unspecified atom stereocenters. The average molecular weight is 274 g/mol. The Morgan fingerprint density at radius 1 is 1.50 bits per heavy atom. The number of aliphatic carboxylic acids is 1. The standard InChI is InChI=1S/C15H18N2O3/c1-10(9-15(2,16)14(18)19)20-12-6-5-11-4-3-7-17-13(11)8-12/h3-8,10H,9,16H2,1-2H3,(H,18,19). The van der Waals surface area contributed by atoms with E-state index in [1.54, 1.807) is 13.1 Å². The number of rotatable bonds is 5. The van der Waals surface area contributed by atoms with Crippen LogP contribution in [0.4, 0.5) is 0 Å². The summed E-state index contributed by atoms with van der Waals surface area (Å²) in [7, 11) is 0. The van der Waals surface area contributed by atoms with E-state index in [4.69, 9.17) is 15.6 Å². The van der Waals surface area contributed by atoms with E-state index in [9.17, 15) is 4.79 Å². The third-order valence-electron chi connectivity index (χ3n) is 3.11. The Morgan fingerprint density at radius 3 is 2.95 bits per heavy atom. The highest BCUT2D eigenvalue weighted by atomic mass is 16.5. The molecule has 0 aliphatic carbocycles. The van der Waals surface area contributed by atoms with Gasteiger partial charge in [0.25, 0.3) is 0 Å². The molecule has 0 radical (unpaired) electrons. The molecular weight excluding hydrogens is 256 g/mol. The second-order valence-electron chi connectivity index (χ2n) is 5.21. The highest BCUT2D eigenvalue weighted by molar-refractivity contribution is 5.79. The number of fused-ring (bicyclic) bond motifs is 1. The maximum Gasteiger partial charge on any atom is 0.323 e. The zero-order valence-corrected chi connectivity index (χ0v) is 11.5. The lowest BCUT2D eigenvalue weighted by Crippen LogP contribution is -2.47. The zero-order valence-electron chi connectivity index (χ0n) is 11.5. The van der Waals surface area contributed by atoms with Gasteiger partial charge in [-0.25, -0.2) is 0 Å². The van der Waals surface area contributed by atoms with Crippen molar-refractivity contribution in [2.75, 3.05) is 0 Å². The van der Waals surface area contributed by atoms with E-state index >= 15 is 0 Å². The molecule has 2 aromatic rings. The van der Waals surface area contributed by atoms with Crippen molar-refractivity contribution in [3.05, 3.63) is 36.5 Å². The number of ether oxygens (including phenoxy) is 1. The van der Waals surface area contributed by atoms with E-state index in [1.165, 1.54) is 6.92 Å². The number of carboxylic acids is 1. The molecule has 1 aromatic heterocycles. The molecule has 0 amide bonds. The maximum absolute atomic E-state index is 11.0. The van der Waals surface area contributed by atoms with Crippen LogP contribution in [-0.2, 0) is 4.79 Å². The number of nitrogens with two attached hydrogens (primary N) is 1. The normalized spacial score (nSPS) is 15.6.